The first-order valence-corrected chi connectivity index (χ1v) is 13.2. The predicted octanol–water partition coefficient (Wildman–Crippen LogP) is 4.29. The zero-order valence-corrected chi connectivity index (χ0v) is 20.4. The van der Waals surface area contributed by atoms with Crippen molar-refractivity contribution in [3.63, 3.8) is 0 Å². The van der Waals surface area contributed by atoms with Gasteiger partial charge in [-0.05, 0) is 0 Å². The van der Waals surface area contributed by atoms with Crippen LogP contribution in [0.4, 0.5) is 5.69 Å². The van der Waals surface area contributed by atoms with Gasteiger partial charge < -0.3 is 0 Å². The summed E-state index contributed by atoms with van der Waals surface area (Å²) in [7, 11) is 0. The molecule has 4 rings (SSSR count). The molecule has 2 aromatic carbocycles. The van der Waals surface area contributed by atoms with Crippen LogP contribution in [0, 0.1) is 0 Å². The fourth-order valence-electron chi connectivity index (χ4n) is 4.22. The molecule has 5 heteroatoms. The second kappa shape index (κ2) is 10.4. The molecule has 0 bridgehead atoms. The van der Waals surface area contributed by atoms with Crippen LogP contribution < -0.4 is 21.0 Å². The Hall–Kier alpha value is -2.20. The van der Waals surface area contributed by atoms with Crippen molar-refractivity contribution < 1.29 is 0 Å². The molecule has 31 heavy (non-hydrogen) atoms. The molecule has 0 spiro atoms. The third-order valence-corrected chi connectivity index (χ3v) is 8.21. The van der Waals surface area contributed by atoms with E-state index in [4.69, 9.17) is 10.7 Å². The number of anilines is 1. The van der Waals surface area contributed by atoms with Crippen LogP contribution in [0.15, 0.2) is 48.5 Å². The van der Waals surface area contributed by atoms with Crippen LogP contribution in [-0.4, -0.2) is 45.7 Å². The van der Waals surface area contributed by atoms with E-state index >= 15 is 0 Å². The molecule has 4 nitrogen and oxygen atoms in total. The van der Waals surface area contributed by atoms with E-state index in [0.29, 0.717) is 0 Å². The van der Waals surface area contributed by atoms with Gasteiger partial charge in [0.25, 0.3) is 0 Å². The van der Waals surface area contributed by atoms with E-state index in [0.717, 1.165) is 43.8 Å². The van der Waals surface area contributed by atoms with Crippen LogP contribution in [0.25, 0.3) is 30.7 Å². The van der Waals surface area contributed by atoms with Crippen molar-refractivity contribution in [2.24, 2.45) is 5.73 Å². The number of hydrogen-bond acceptors (Lipinski definition) is 3. The monoisotopic (exact) mass is 481 g/mol. The first-order chi connectivity index (χ1) is 15.2. The number of nitrogens with zero attached hydrogens (tertiary/aromatic N) is 2. The predicted molar refractivity (Wildman–Crippen MR) is 135 cm³/mol. The Balaban J connectivity index is 1.76. The quantitative estimate of drug-likeness (QED) is 0.124. The Morgan fingerprint density at radius 3 is 2.48 bits per heavy atom. The Labute approximate surface area is 190 Å². The average Bonchev–Trinajstić information content (AvgIpc) is 2.81. The fraction of sp³-hybridized carbons (Fsp3) is 0.385. The van der Waals surface area contributed by atoms with Crippen LogP contribution >= 0.6 is 0 Å². The first kappa shape index (κ1) is 22.0. The molecule has 0 amide bonds. The summed E-state index contributed by atoms with van der Waals surface area (Å²) in [5, 5.41) is 7.55. The SMILES string of the molecule is CC[N+](CC)=c1ccc2nc3c(cc(NCCCCCCN)c4ccccc43)[se]c-2c1. The normalized spacial score (nSPS) is 11.5. The van der Waals surface area contributed by atoms with Gasteiger partial charge in [-0.1, -0.05) is 0 Å². The Kier molecular flexibility index (Phi) is 7.39. The molecule has 1 aliphatic carbocycles. The number of rotatable bonds is 9. The molecule has 2 aliphatic rings. The summed E-state index contributed by atoms with van der Waals surface area (Å²) >= 11 is 0.247. The van der Waals surface area contributed by atoms with Crippen LogP contribution in [0.1, 0.15) is 39.5 Å². The van der Waals surface area contributed by atoms with Gasteiger partial charge in [-0.15, -0.1) is 0 Å². The Bertz CT molecular complexity index is 1210. The minimum atomic E-state index is 0.247. The molecule has 162 valence electrons. The van der Waals surface area contributed by atoms with Crippen LogP contribution in [0.5, 0.6) is 0 Å². The van der Waals surface area contributed by atoms with E-state index in [1.165, 1.54) is 49.8 Å². The van der Waals surface area contributed by atoms with E-state index in [1.54, 1.807) is 0 Å². The zero-order valence-electron chi connectivity index (χ0n) is 18.7. The van der Waals surface area contributed by atoms with Crippen molar-refractivity contribution >= 4 is 40.7 Å². The first-order valence-electron chi connectivity index (χ1n) is 11.5. The molecule has 2 aromatic rings. The molecular weight excluding hydrogens is 447 g/mol. The van der Waals surface area contributed by atoms with E-state index in [1.807, 2.05) is 0 Å². The number of nitrogens with two attached hydrogens (primary N) is 1. The Morgan fingerprint density at radius 2 is 1.71 bits per heavy atom. The number of unbranched alkanes of at least 4 members (excludes halogenated alkanes) is 3. The van der Waals surface area contributed by atoms with Gasteiger partial charge in [-0.3, -0.25) is 0 Å². The van der Waals surface area contributed by atoms with Crippen molar-refractivity contribution in [2.45, 2.75) is 39.5 Å². The van der Waals surface area contributed by atoms with Gasteiger partial charge in [0.1, 0.15) is 0 Å². The number of hydrogen-bond donors (Lipinski definition) is 2. The van der Waals surface area contributed by atoms with Crippen molar-refractivity contribution in [1.82, 2.24) is 9.56 Å². The summed E-state index contributed by atoms with van der Waals surface area (Å²) in [6.07, 6.45) is 4.75. The second-order valence-electron chi connectivity index (χ2n) is 7.98. The third kappa shape index (κ3) is 4.84. The van der Waals surface area contributed by atoms with Crippen molar-refractivity contribution in [2.75, 3.05) is 31.5 Å². The summed E-state index contributed by atoms with van der Waals surface area (Å²) in [6.45, 7) is 8.29. The summed E-state index contributed by atoms with van der Waals surface area (Å²) in [5.74, 6) is 0. The number of fused-ring (bicyclic) bond motifs is 4. The number of benzene rings is 3. The van der Waals surface area contributed by atoms with Crippen LogP contribution in [0.3, 0.4) is 0 Å². The molecule has 0 aromatic heterocycles. The fourth-order valence-corrected chi connectivity index (χ4v) is 6.45. The van der Waals surface area contributed by atoms with Gasteiger partial charge in [0.2, 0.25) is 0 Å². The minimum absolute atomic E-state index is 0.247. The van der Waals surface area contributed by atoms with E-state index in [-0.39, 0.29) is 14.5 Å². The summed E-state index contributed by atoms with van der Waals surface area (Å²) < 4.78 is 5.16. The van der Waals surface area contributed by atoms with Crippen molar-refractivity contribution in [3.05, 3.63) is 53.9 Å². The molecule has 0 unspecified atom stereocenters. The van der Waals surface area contributed by atoms with E-state index in [2.05, 4.69) is 72.3 Å². The molecule has 0 radical (unpaired) electrons. The van der Waals surface area contributed by atoms with Crippen LogP contribution in [-0.2, 0) is 0 Å². The molecule has 0 fully saturated rings. The maximum atomic E-state index is 5.61. The number of nitrogens with one attached hydrogen (secondary N) is 1. The summed E-state index contributed by atoms with van der Waals surface area (Å²) in [4.78, 5) is 5.12. The zero-order chi connectivity index (χ0) is 21.6. The molecule has 1 heterocycles. The summed E-state index contributed by atoms with van der Waals surface area (Å²) in [5.41, 5.74) is 9.15. The molecule has 3 N–H and O–H groups in total. The second-order valence-corrected chi connectivity index (χ2v) is 10.3. The standard InChI is InChI=1S/C26H32N4Se/c1-3-30(4-2)19-13-14-22-24(17-19)31-25-18-23(28-16-10-6-5-9-15-27)20-11-7-8-12-21(20)26(25)29-22/h7-8,11-14,17-18H,3-6,9-10,15-16,27H2,1-2H3/p+1. The topological polar surface area (TPSA) is 54.0 Å². The third-order valence-electron chi connectivity index (χ3n) is 5.95. The van der Waals surface area contributed by atoms with E-state index < -0.39 is 0 Å². The van der Waals surface area contributed by atoms with Crippen molar-refractivity contribution in [1.29, 1.82) is 0 Å². The van der Waals surface area contributed by atoms with Gasteiger partial charge in [-0.25, -0.2) is 0 Å². The average molecular weight is 481 g/mol. The van der Waals surface area contributed by atoms with Gasteiger partial charge >= 0.3 is 191 Å². The van der Waals surface area contributed by atoms with Gasteiger partial charge in [0.05, 0.1) is 0 Å². The molecule has 1 aliphatic heterocycles. The van der Waals surface area contributed by atoms with E-state index in [9.17, 15) is 0 Å². The van der Waals surface area contributed by atoms with Crippen LogP contribution in [0.2, 0.25) is 0 Å². The Morgan fingerprint density at radius 1 is 0.935 bits per heavy atom. The molecule has 0 atom stereocenters. The maximum absolute atomic E-state index is 5.61. The van der Waals surface area contributed by atoms with Gasteiger partial charge in [-0.2, -0.15) is 0 Å². The molecule has 0 saturated carbocycles. The molecule has 0 saturated heterocycles. The number of aromatic nitrogens is 1. The summed E-state index contributed by atoms with van der Waals surface area (Å²) in [6, 6.07) is 17.8. The van der Waals surface area contributed by atoms with Gasteiger partial charge in [0.15, 0.2) is 0 Å². The van der Waals surface area contributed by atoms with Crippen molar-refractivity contribution in [3.8, 4) is 10.1 Å². The molecular formula is C26H33N4Se+. The van der Waals surface area contributed by atoms with Gasteiger partial charge in [0, 0.05) is 0 Å².